The van der Waals surface area contributed by atoms with E-state index in [0.717, 1.165) is 0 Å². The van der Waals surface area contributed by atoms with Gasteiger partial charge in [0.1, 0.15) is 0 Å². The number of sulfonamides is 1. The van der Waals surface area contributed by atoms with Crippen molar-refractivity contribution in [3.63, 3.8) is 0 Å². The lowest BCUT2D eigenvalue weighted by Gasteiger charge is -2.27. The molecule has 31 heavy (non-hydrogen) atoms. The molecular weight excluding hydrogens is 435 g/mol. The Bertz CT molecular complexity index is 886. The molecule has 0 N–H and O–H groups in total. The van der Waals surface area contributed by atoms with Gasteiger partial charge in [0, 0.05) is 44.8 Å². The van der Waals surface area contributed by atoms with Gasteiger partial charge < -0.3 is 9.64 Å². The maximum absolute atomic E-state index is 13.2. The summed E-state index contributed by atoms with van der Waals surface area (Å²) in [6.07, 6.45) is -3.37. The summed E-state index contributed by atoms with van der Waals surface area (Å²) in [5.41, 5.74) is 0.851. The van der Waals surface area contributed by atoms with E-state index >= 15 is 0 Å². The van der Waals surface area contributed by atoms with Crippen LogP contribution < -0.4 is 0 Å². The van der Waals surface area contributed by atoms with E-state index in [1.54, 1.807) is 12.1 Å². The molecule has 2 saturated heterocycles. The molecule has 7 nitrogen and oxygen atoms in total. The maximum atomic E-state index is 13.2. The molecule has 2 heterocycles. The standard InChI is InChI=1S/C20H28F3N3O4S/c1-2-16-4-5-17(14-18(16)31(28,29)26-10-12-30-13-11-26)19(27)25-7-3-6-24(8-9-25)15-20(21,22)23/h4-5,14H,2-3,6-13,15H2,1H3. The van der Waals surface area contributed by atoms with Crippen LogP contribution in [0.25, 0.3) is 0 Å². The van der Waals surface area contributed by atoms with Crippen molar-refractivity contribution in [2.24, 2.45) is 0 Å². The minimum Gasteiger partial charge on any atom is -0.379 e. The third-order valence-corrected chi connectivity index (χ3v) is 7.54. The van der Waals surface area contributed by atoms with E-state index < -0.39 is 22.7 Å². The number of rotatable bonds is 5. The number of halogens is 3. The Balaban J connectivity index is 1.80. The van der Waals surface area contributed by atoms with Crippen LogP contribution in [0, 0.1) is 0 Å². The average molecular weight is 464 g/mol. The third kappa shape index (κ3) is 5.97. The van der Waals surface area contributed by atoms with Gasteiger partial charge >= 0.3 is 6.18 Å². The normalized spacial score (nSPS) is 19.9. The molecule has 0 spiro atoms. The first-order valence-corrected chi connectivity index (χ1v) is 11.8. The van der Waals surface area contributed by atoms with E-state index in [0.29, 0.717) is 38.2 Å². The van der Waals surface area contributed by atoms with Crippen LogP contribution in [0.2, 0.25) is 0 Å². The molecule has 1 aromatic rings. The lowest BCUT2D eigenvalue weighted by atomic mass is 10.1. The molecule has 0 unspecified atom stereocenters. The maximum Gasteiger partial charge on any atom is 0.401 e. The summed E-state index contributed by atoms with van der Waals surface area (Å²) in [5.74, 6) is -0.366. The predicted octanol–water partition coefficient (Wildman–Crippen LogP) is 1.98. The highest BCUT2D eigenvalue weighted by Gasteiger charge is 2.33. The van der Waals surface area contributed by atoms with Crippen molar-refractivity contribution in [3.05, 3.63) is 29.3 Å². The molecule has 0 saturated carbocycles. The molecular formula is C20H28F3N3O4S. The van der Waals surface area contributed by atoms with Crippen LogP contribution in [-0.2, 0) is 21.2 Å². The van der Waals surface area contributed by atoms with Gasteiger partial charge in [-0.05, 0) is 30.5 Å². The molecule has 174 valence electrons. The summed E-state index contributed by atoms with van der Waals surface area (Å²) in [5, 5.41) is 0. The van der Waals surface area contributed by atoms with Crippen LogP contribution in [-0.4, -0.2) is 93.6 Å². The first kappa shape index (κ1) is 24.0. The number of benzene rings is 1. The molecule has 0 radical (unpaired) electrons. The van der Waals surface area contributed by atoms with E-state index in [9.17, 15) is 26.4 Å². The first-order valence-electron chi connectivity index (χ1n) is 10.4. The third-order valence-electron chi connectivity index (χ3n) is 5.56. The minimum absolute atomic E-state index is 0.108. The van der Waals surface area contributed by atoms with E-state index in [-0.39, 0.29) is 49.1 Å². The lowest BCUT2D eigenvalue weighted by molar-refractivity contribution is -0.145. The van der Waals surface area contributed by atoms with Gasteiger partial charge in [-0.1, -0.05) is 13.0 Å². The highest BCUT2D eigenvalue weighted by molar-refractivity contribution is 7.89. The molecule has 2 fully saturated rings. The van der Waals surface area contributed by atoms with E-state index in [1.807, 2.05) is 6.92 Å². The number of carbonyl (C=O) groups is 1. The summed E-state index contributed by atoms with van der Waals surface area (Å²) in [7, 11) is -3.78. The largest absolute Gasteiger partial charge is 0.401 e. The van der Waals surface area contributed by atoms with Gasteiger partial charge in [0.2, 0.25) is 10.0 Å². The molecule has 11 heteroatoms. The van der Waals surface area contributed by atoms with Crippen molar-refractivity contribution in [3.8, 4) is 0 Å². The predicted molar refractivity (Wildman–Crippen MR) is 108 cm³/mol. The van der Waals surface area contributed by atoms with Crippen LogP contribution >= 0.6 is 0 Å². The zero-order chi connectivity index (χ0) is 22.6. The fourth-order valence-corrected chi connectivity index (χ4v) is 5.64. The van der Waals surface area contributed by atoms with Gasteiger partial charge in [-0.15, -0.1) is 0 Å². The van der Waals surface area contributed by atoms with Crippen LogP contribution in [0.5, 0.6) is 0 Å². The number of hydrogen-bond donors (Lipinski definition) is 0. The topological polar surface area (TPSA) is 70.2 Å². The summed E-state index contributed by atoms with van der Waals surface area (Å²) < 4.78 is 71.0. The Morgan fingerprint density at radius 1 is 1.06 bits per heavy atom. The van der Waals surface area contributed by atoms with Crippen LogP contribution in [0.3, 0.4) is 0 Å². The van der Waals surface area contributed by atoms with Gasteiger partial charge in [-0.3, -0.25) is 9.69 Å². The second kappa shape index (κ2) is 9.85. The van der Waals surface area contributed by atoms with E-state index in [4.69, 9.17) is 4.74 Å². The quantitative estimate of drug-likeness (QED) is 0.668. The molecule has 0 bridgehead atoms. The van der Waals surface area contributed by atoms with E-state index in [2.05, 4.69) is 0 Å². The van der Waals surface area contributed by atoms with Crippen molar-refractivity contribution in [2.45, 2.75) is 30.8 Å². The molecule has 1 amide bonds. The Morgan fingerprint density at radius 3 is 2.42 bits per heavy atom. The highest BCUT2D eigenvalue weighted by atomic mass is 32.2. The number of nitrogens with zero attached hydrogens (tertiary/aromatic N) is 3. The summed E-state index contributed by atoms with van der Waals surface area (Å²) in [6.45, 7) is 2.87. The van der Waals surface area contributed by atoms with Crippen molar-refractivity contribution < 1.29 is 31.1 Å². The number of morpholine rings is 1. The lowest BCUT2D eigenvalue weighted by Crippen LogP contribution is -2.41. The smallest absolute Gasteiger partial charge is 0.379 e. The van der Waals surface area contributed by atoms with Crippen molar-refractivity contribution in [1.82, 2.24) is 14.1 Å². The number of hydrogen-bond acceptors (Lipinski definition) is 5. The molecule has 0 aliphatic carbocycles. The number of amides is 1. The SMILES string of the molecule is CCc1ccc(C(=O)N2CCCN(CC(F)(F)F)CC2)cc1S(=O)(=O)N1CCOCC1. The first-order chi connectivity index (χ1) is 14.6. The molecule has 2 aliphatic rings. The highest BCUT2D eigenvalue weighted by Crippen LogP contribution is 2.25. The molecule has 2 aliphatic heterocycles. The Morgan fingerprint density at radius 2 is 1.77 bits per heavy atom. The van der Waals surface area contributed by atoms with Crippen LogP contribution in [0.1, 0.15) is 29.3 Å². The van der Waals surface area contributed by atoms with Gasteiger partial charge in [0.25, 0.3) is 5.91 Å². The van der Waals surface area contributed by atoms with Gasteiger partial charge in [-0.2, -0.15) is 17.5 Å². The average Bonchev–Trinajstić information content (AvgIpc) is 2.97. The Labute approximate surface area is 180 Å². The fraction of sp³-hybridized carbons (Fsp3) is 0.650. The summed E-state index contributed by atoms with van der Waals surface area (Å²) in [4.78, 5) is 16.0. The van der Waals surface area contributed by atoms with Crippen molar-refractivity contribution in [1.29, 1.82) is 0 Å². The fourth-order valence-electron chi connectivity index (χ4n) is 3.91. The Kier molecular flexibility index (Phi) is 7.61. The van der Waals surface area contributed by atoms with Crippen molar-refractivity contribution >= 4 is 15.9 Å². The van der Waals surface area contributed by atoms with Crippen LogP contribution in [0.4, 0.5) is 13.2 Å². The zero-order valence-corrected chi connectivity index (χ0v) is 18.3. The molecule has 1 aromatic carbocycles. The van der Waals surface area contributed by atoms with Gasteiger partial charge in [0.15, 0.2) is 0 Å². The Hall–Kier alpha value is -1.69. The molecule has 3 rings (SSSR count). The molecule has 0 atom stereocenters. The summed E-state index contributed by atoms with van der Waals surface area (Å²) in [6, 6.07) is 4.65. The van der Waals surface area contributed by atoms with Gasteiger partial charge in [0.05, 0.1) is 24.7 Å². The minimum atomic E-state index is -4.28. The number of alkyl halides is 3. The van der Waals surface area contributed by atoms with Gasteiger partial charge in [-0.25, -0.2) is 8.42 Å². The molecule has 0 aromatic heterocycles. The summed E-state index contributed by atoms with van der Waals surface area (Å²) >= 11 is 0. The number of carbonyl (C=O) groups excluding carboxylic acids is 1. The second-order valence-electron chi connectivity index (χ2n) is 7.73. The zero-order valence-electron chi connectivity index (χ0n) is 17.5. The van der Waals surface area contributed by atoms with Crippen LogP contribution in [0.15, 0.2) is 23.1 Å². The monoisotopic (exact) mass is 463 g/mol. The second-order valence-corrected chi connectivity index (χ2v) is 9.64. The number of ether oxygens (including phenoxy) is 1. The van der Waals surface area contributed by atoms with Crippen molar-refractivity contribution in [2.75, 3.05) is 59.0 Å². The van der Waals surface area contributed by atoms with E-state index in [1.165, 1.54) is 20.2 Å². The number of aryl methyl sites for hydroxylation is 1.